The van der Waals surface area contributed by atoms with E-state index in [1.807, 2.05) is 6.92 Å². The molecule has 1 N–H and O–H groups in total. The monoisotopic (exact) mass is 394 g/mol. The van der Waals surface area contributed by atoms with Crippen molar-refractivity contribution < 1.29 is 9.84 Å². The van der Waals surface area contributed by atoms with Crippen molar-refractivity contribution in [2.45, 2.75) is 42.4 Å². The molecular formula is C10H14Br2Cl2O2. The van der Waals surface area contributed by atoms with E-state index in [0.717, 1.165) is 0 Å². The molecule has 16 heavy (non-hydrogen) atoms. The molecule has 1 aliphatic rings. The van der Waals surface area contributed by atoms with Gasteiger partial charge in [0.15, 0.2) is 0 Å². The summed E-state index contributed by atoms with van der Waals surface area (Å²) < 4.78 is 5.49. The van der Waals surface area contributed by atoms with Gasteiger partial charge in [-0.05, 0) is 18.8 Å². The molecule has 94 valence electrons. The second-order valence-corrected chi connectivity index (χ2v) is 7.28. The average Bonchev–Trinajstić information content (AvgIpc) is 2.56. The Balaban J connectivity index is 2.90. The maximum atomic E-state index is 10.0. The molecule has 1 rings (SSSR count). The molecule has 0 aromatic heterocycles. The summed E-state index contributed by atoms with van der Waals surface area (Å²) in [6.45, 7) is 3.71. The van der Waals surface area contributed by atoms with Crippen molar-refractivity contribution in [3.05, 3.63) is 10.0 Å². The predicted molar refractivity (Wildman–Crippen MR) is 74.8 cm³/mol. The van der Waals surface area contributed by atoms with Gasteiger partial charge in [0.2, 0.25) is 0 Å². The summed E-state index contributed by atoms with van der Waals surface area (Å²) >= 11 is 18.6. The van der Waals surface area contributed by atoms with Crippen molar-refractivity contribution in [3.8, 4) is 0 Å². The molecule has 6 heteroatoms. The Morgan fingerprint density at radius 3 is 2.75 bits per heavy atom. The predicted octanol–water partition coefficient (Wildman–Crippen LogP) is 3.76. The van der Waals surface area contributed by atoms with Crippen LogP contribution in [0.25, 0.3) is 0 Å². The molecular weight excluding hydrogens is 383 g/mol. The van der Waals surface area contributed by atoms with Crippen LogP contribution in [0.3, 0.4) is 0 Å². The minimum absolute atomic E-state index is 0.175. The number of hydrogen-bond donors (Lipinski definition) is 1. The minimum Gasteiger partial charge on any atom is -0.390 e. The third-order valence-corrected chi connectivity index (χ3v) is 5.84. The van der Waals surface area contributed by atoms with E-state index in [0.29, 0.717) is 17.3 Å². The standard InChI is InChI=1S/C10H14Br2Cl2O2/c1-9(12,5-13)8-3-7(15)10(2,16-8)6(14)4-11/h4,7-8,15H,3,5H2,1-2H3/b6-4-/t7-,8-,9+,10-/m0/s1. The van der Waals surface area contributed by atoms with E-state index in [1.165, 1.54) is 0 Å². The smallest absolute Gasteiger partial charge is 0.128 e. The molecule has 0 spiro atoms. The number of hydrogen-bond acceptors (Lipinski definition) is 2. The van der Waals surface area contributed by atoms with E-state index in [4.69, 9.17) is 27.9 Å². The molecule has 0 radical (unpaired) electrons. The zero-order valence-corrected chi connectivity index (χ0v) is 13.7. The average molecular weight is 397 g/mol. The van der Waals surface area contributed by atoms with E-state index < -0.39 is 11.7 Å². The summed E-state index contributed by atoms with van der Waals surface area (Å²) in [4.78, 5) is 1.56. The highest BCUT2D eigenvalue weighted by Gasteiger charge is 2.51. The van der Waals surface area contributed by atoms with Gasteiger partial charge in [0.1, 0.15) is 5.60 Å². The van der Waals surface area contributed by atoms with Gasteiger partial charge in [0.25, 0.3) is 0 Å². The molecule has 2 nitrogen and oxygen atoms in total. The Morgan fingerprint density at radius 2 is 2.31 bits per heavy atom. The fraction of sp³-hybridized carbons (Fsp3) is 0.800. The second kappa shape index (κ2) is 5.45. The van der Waals surface area contributed by atoms with Gasteiger partial charge in [-0.15, -0.1) is 11.6 Å². The Labute approximate surface area is 123 Å². The van der Waals surface area contributed by atoms with Gasteiger partial charge in [0.05, 0.1) is 21.6 Å². The first-order valence-electron chi connectivity index (χ1n) is 4.85. The number of ether oxygens (including phenoxy) is 1. The highest BCUT2D eigenvalue weighted by molar-refractivity contribution is 9.11. The zero-order chi connectivity index (χ0) is 12.6. The number of alkyl halides is 2. The second-order valence-electron chi connectivity index (χ2n) is 4.33. The van der Waals surface area contributed by atoms with Gasteiger partial charge >= 0.3 is 0 Å². The van der Waals surface area contributed by atoms with Crippen molar-refractivity contribution in [1.29, 1.82) is 0 Å². The van der Waals surface area contributed by atoms with Gasteiger partial charge in [-0.1, -0.05) is 43.5 Å². The lowest BCUT2D eigenvalue weighted by Gasteiger charge is -2.31. The molecule has 0 unspecified atom stereocenters. The maximum Gasteiger partial charge on any atom is 0.128 e. The van der Waals surface area contributed by atoms with Crippen LogP contribution in [0.1, 0.15) is 20.3 Å². The molecule has 1 aliphatic heterocycles. The first-order chi connectivity index (χ1) is 7.28. The molecule has 0 aliphatic carbocycles. The fourth-order valence-electron chi connectivity index (χ4n) is 1.63. The van der Waals surface area contributed by atoms with Gasteiger partial charge in [-0.25, -0.2) is 0 Å². The van der Waals surface area contributed by atoms with Crippen LogP contribution in [0.4, 0.5) is 0 Å². The normalized spacial score (nSPS) is 39.8. The first kappa shape index (κ1) is 15.3. The number of halogens is 4. The van der Waals surface area contributed by atoms with Crippen LogP contribution >= 0.6 is 55.1 Å². The third-order valence-electron chi connectivity index (χ3n) is 2.96. The van der Waals surface area contributed by atoms with Gasteiger partial charge in [0, 0.05) is 12.3 Å². The fourth-order valence-corrected chi connectivity index (χ4v) is 2.71. The third kappa shape index (κ3) is 2.78. The van der Waals surface area contributed by atoms with Crippen LogP contribution in [-0.2, 0) is 4.74 Å². The molecule has 0 aromatic rings. The molecule has 1 heterocycles. The van der Waals surface area contributed by atoms with Crippen molar-refractivity contribution in [1.82, 2.24) is 0 Å². The highest BCUT2D eigenvalue weighted by Crippen LogP contribution is 2.44. The van der Waals surface area contributed by atoms with Crippen molar-refractivity contribution in [2.24, 2.45) is 0 Å². The molecule has 1 fully saturated rings. The Kier molecular flexibility index (Phi) is 5.20. The van der Waals surface area contributed by atoms with Crippen molar-refractivity contribution >= 4 is 55.1 Å². The van der Waals surface area contributed by atoms with Gasteiger partial charge in [-0.3, -0.25) is 0 Å². The van der Waals surface area contributed by atoms with Gasteiger partial charge in [-0.2, -0.15) is 0 Å². The van der Waals surface area contributed by atoms with E-state index in [-0.39, 0.29) is 10.4 Å². The molecule has 0 aromatic carbocycles. The van der Waals surface area contributed by atoms with Crippen LogP contribution in [0, 0.1) is 0 Å². The Morgan fingerprint density at radius 1 is 1.75 bits per heavy atom. The number of aliphatic hydroxyl groups is 1. The quantitative estimate of drug-likeness (QED) is 0.736. The van der Waals surface area contributed by atoms with Crippen LogP contribution < -0.4 is 0 Å². The molecule has 0 amide bonds. The lowest BCUT2D eigenvalue weighted by Crippen LogP contribution is -2.39. The van der Waals surface area contributed by atoms with E-state index in [1.54, 1.807) is 11.9 Å². The molecule has 0 saturated carbocycles. The number of aliphatic hydroxyl groups excluding tert-OH is 1. The van der Waals surface area contributed by atoms with Crippen LogP contribution in [0.5, 0.6) is 0 Å². The minimum atomic E-state index is -0.864. The summed E-state index contributed by atoms with van der Waals surface area (Å²) in [5.74, 6) is 0.399. The summed E-state index contributed by atoms with van der Waals surface area (Å²) in [5.41, 5.74) is -0.864. The topological polar surface area (TPSA) is 29.5 Å². The zero-order valence-electron chi connectivity index (χ0n) is 9.01. The van der Waals surface area contributed by atoms with Crippen molar-refractivity contribution in [2.75, 3.05) is 5.88 Å². The first-order valence-corrected chi connectivity index (χ1v) is 7.47. The summed E-state index contributed by atoms with van der Waals surface area (Å²) in [7, 11) is 0. The van der Waals surface area contributed by atoms with Crippen LogP contribution in [-0.4, -0.2) is 33.1 Å². The largest absolute Gasteiger partial charge is 0.390 e. The lowest BCUT2D eigenvalue weighted by atomic mass is 9.96. The Bertz CT molecular complexity index is 297. The van der Waals surface area contributed by atoms with E-state index >= 15 is 0 Å². The van der Waals surface area contributed by atoms with E-state index in [9.17, 15) is 5.11 Å². The SMILES string of the molecule is C[C@@]1(/C(Cl)=C/Br)O[C@H]([C@](C)(Br)CCl)C[C@@H]1O. The van der Waals surface area contributed by atoms with Crippen LogP contribution in [0.15, 0.2) is 10.0 Å². The lowest BCUT2D eigenvalue weighted by molar-refractivity contribution is -0.0443. The number of rotatable bonds is 3. The summed E-state index contributed by atoms with van der Waals surface area (Å²) in [5, 5.41) is 10.5. The van der Waals surface area contributed by atoms with Crippen molar-refractivity contribution in [3.63, 3.8) is 0 Å². The van der Waals surface area contributed by atoms with Gasteiger partial charge < -0.3 is 9.84 Å². The van der Waals surface area contributed by atoms with E-state index in [2.05, 4.69) is 31.9 Å². The highest BCUT2D eigenvalue weighted by atomic mass is 79.9. The Hall–Kier alpha value is 1.20. The van der Waals surface area contributed by atoms with Crippen LogP contribution in [0.2, 0.25) is 0 Å². The molecule has 4 atom stereocenters. The summed E-state index contributed by atoms with van der Waals surface area (Å²) in [6.07, 6.45) is -0.313. The maximum absolute atomic E-state index is 10.0. The molecule has 0 bridgehead atoms. The molecule has 1 saturated heterocycles. The summed E-state index contributed by atoms with van der Waals surface area (Å²) in [6, 6.07) is 0.